The van der Waals surface area contributed by atoms with Crippen LogP contribution >= 0.6 is 0 Å². The lowest BCUT2D eigenvalue weighted by molar-refractivity contribution is -0.370. The molecule has 0 amide bonds. The molecule has 12 N–H and O–H groups in total. The average molecular weight is 787 g/mol. The SMILES string of the molecule is CC1OC(OC2C(OCCc3ccc(O)c(O)c3)OC(COC3OC(CO)C(O)C(O)C3O)C(O)C2OC(=O)/C=C/c2ccc(O)c(O)c2)C(O)C(O)C1O. The van der Waals surface area contributed by atoms with Crippen LogP contribution in [0.25, 0.3) is 6.08 Å². The molecule has 0 aromatic heterocycles. The lowest BCUT2D eigenvalue weighted by Gasteiger charge is -2.47. The summed E-state index contributed by atoms with van der Waals surface area (Å²) in [5.74, 6) is -2.73. The molecule has 306 valence electrons. The van der Waals surface area contributed by atoms with Gasteiger partial charge in [0.05, 0.1) is 25.9 Å². The summed E-state index contributed by atoms with van der Waals surface area (Å²) >= 11 is 0. The van der Waals surface area contributed by atoms with Crippen molar-refractivity contribution in [2.24, 2.45) is 0 Å². The van der Waals surface area contributed by atoms with Crippen molar-refractivity contribution in [2.45, 2.75) is 105 Å². The monoisotopic (exact) mass is 786 g/mol. The van der Waals surface area contributed by atoms with Gasteiger partial charge in [-0.05, 0) is 54.8 Å². The molecule has 0 spiro atoms. The van der Waals surface area contributed by atoms with Crippen LogP contribution in [-0.4, -0.2) is 179 Å². The molecule has 20 heteroatoms. The normalized spacial score (nSPS) is 36.9. The number of hydrogen-bond donors (Lipinski definition) is 12. The number of hydrogen-bond acceptors (Lipinski definition) is 20. The van der Waals surface area contributed by atoms with E-state index >= 15 is 0 Å². The van der Waals surface area contributed by atoms with E-state index in [1.165, 1.54) is 43.3 Å². The van der Waals surface area contributed by atoms with E-state index in [1.54, 1.807) is 0 Å². The van der Waals surface area contributed by atoms with Gasteiger partial charge in [0.15, 0.2) is 54.1 Å². The van der Waals surface area contributed by atoms with Gasteiger partial charge in [-0.15, -0.1) is 0 Å². The van der Waals surface area contributed by atoms with Crippen LogP contribution in [0.2, 0.25) is 0 Å². The number of phenols is 4. The minimum absolute atomic E-state index is 0.0895. The number of benzene rings is 2. The maximum atomic E-state index is 13.3. The number of phenolic OH excluding ortho intramolecular Hbond substituents is 4. The Morgan fingerprint density at radius 1 is 0.673 bits per heavy atom. The maximum absolute atomic E-state index is 13.3. The van der Waals surface area contributed by atoms with Crippen LogP contribution in [0.3, 0.4) is 0 Å². The molecule has 3 fully saturated rings. The standard InChI is InChI=1S/C35H46O20/c1-14-24(42)27(45)30(48)34(51-14)55-32-31(54-23(41)7-4-15-2-5-17(37)19(39)10-15)26(44)22(13-50-33-29(47)28(46)25(43)21(12-36)52-33)53-35(32)49-9-8-16-3-6-18(38)20(40)11-16/h2-7,10-11,14,21-22,24-40,42-48H,8-9,12-13H2,1H3/b7-4+. The Morgan fingerprint density at radius 3 is 1.98 bits per heavy atom. The van der Waals surface area contributed by atoms with E-state index < -0.39 is 129 Å². The van der Waals surface area contributed by atoms with Crippen LogP contribution in [0.4, 0.5) is 0 Å². The Kier molecular flexibility index (Phi) is 14.3. The van der Waals surface area contributed by atoms with Crippen LogP contribution in [0, 0.1) is 0 Å². The molecular formula is C35H46O20. The van der Waals surface area contributed by atoms with Crippen molar-refractivity contribution in [1.82, 2.24) is 0 Å². The molecular weight excluding hydrogens is 740 g/mol. The summed E-state index contributed by atoms with van der Waals surface area (Å²) in [6.45, 7) is -0.236. The molecule has 3 aliphatic heterocycles. The third kappa shape index (κ3) is 10.0. The Bertz CT molecular complexity index is 1610. The molecule has 3 heterocycles. The second-order valence-corrected chi connectivity index (χ2v) is 13.3. The summed E-state index contributed by atoms with van der Waals surface area (Å²) in [4.78, 5) is 13.3. The van der Waals surface area contributed by atoms with Gasteiger partial charge in [0, 0.05) is 6.08 Å². The highest BCUT2D eigenvalue weighted by Crippen LogP contribution is 2.33. The van der Waals surface area contributed by atoms with Crippen molar-refractivity contribution in [3.63, 3.8) is 0 Å². The second-order valence-electron chi connectivity index (χ2n) is 13.3. The van der Waals surface area contributed by atoms with Crippen molar-refractivity contribution < 1.29 is 99.2 Å². The van der Waals surface area contributed by atoms with Gasteiger partial charge >= 0.3 is 5.97 Å². The summed E-state index contributed by atoms with van der Waals surface area (Å²) in [7, 11) is 0. The minimum Gasteiger partial charge on any atom is -0.504 e. The van der Waals surface area contributed by atoms with Crippen molar-refractivity contribution >= 4 is 12.0 Å². The zero-order chi connectivity index (χ0) is 40.1. The maximum Gasteiger partial charge on any atom is 0.331 e. The number of aliphatic hydroxyl groups excluding tert-OH is 8. The fourth-order valence-corrected chi connectivity index (χ4v) is 6.12. The number of rotatable bonds is 13. The fraction of sp³-hybridized carbons (Fsp3) is 0.571. The number of esters is 1. The molecule has 0 saturated carbocycles. The molecule has 3 aliphatic rings. The molecule has 3 saturated heterocycles. The first-order chi connectivity index (χ1) is 26.1. The first-order valence-electron chi connectivity index (χ1n) is 17.2. The first kappa shape index (κ1) is 42.4. The van der Waals surface area contributed by atoms with Crippen LogP contribution in [0.1, 0.15) is 18.1 Å². The van der Waals surface area contributed by atoms with E-state index in [0.717, 1.165) is 12.1 Å². The number of ether oxygens (including phenoxy) is 7. The lowest BCUT2D eigenvalue weighted by Crippen LogP contribution is -2.65. The van der Waals surface area contributed by atoms with Crippen LogP contribution in [-0.2, 0) is 44.4 Å². The average Bonchev–Trinajstić information content (AvgIpc) is 3.16. The van der Waals surface area contributed by atoms with Crippen molar-refractivity contribution in [1.29, 1.82) is 0 Å². The van der Waals surface area contributed by atoms with E-state index in [-0.39, 0.29) is 24.3 Å². The zero-order valence-electron chi connectivity index (χ0n) is 29.2. The Hall–Kier alpha value is -3.71. The van der Waals surface area contributed by atoms with E-state index in [2.05, 4.69) is 0 Å². The third-order valence-corrected chi connectivity index (χ3v) is 9.37. The Balaban J connectivity index is 1.43. The summed E-state index contributed by atoms with van der Waals surface area (Å²) < 4.78 is 40.2. The molecule has 0 aliphatic carbocycles. The van der Waals surface area contributed by atoms with Crippen LogP contribution < -0.4 is 0 Å². The summed E-state index contributed by atoms with van der Waals surface area (Å²) in [6.07, 6.45) is -22.4. The molecule has 15 atom stereocenters. The van der Waals surface area contributed by atoms with Gasteiger partial charge in [0.25, 0.3) is 0 Å². The second kappa shape index (κ2) is 18.5. The lowest BCUT2D eigenvalue weighted by atomic mass is 9.97. The summed E-state index contributed by atoms with van der Waals surface area (Å²) in [5.41, 5.74) is 0.761. The van der Waals surface area contributed by atoms with Gasteiger partial charge in [-0.2, -0.15) is 0 Å². The fourth-order valence-electron chi connectivity index (χ4n) is 6.12. The highest BCUT2D eigenvalue weighted by molar-refractivity contribution is 5.87. The van der Waals surface area contributed by atoms with Gasteiger partial charge in [0.2, 0.25) is 0 Å². The van der Waals surface area contributed by atoms with Gasteiger partial charge in [-0.1, -0.05) is 12.1 Å². The van der Waals surface area contributed by atoms with Crippen LogP contribution in [0.15, 0.2) is 42.5 Å². The number of carbonyl (C=O) groups is 1. The Labute approximate surface area is 313 Å². The van der Waals surface area contributed by atoms with Crippen LogP contribution in [0.5, 0.6) is 23.0 Å². The van der Waals surface area contributed by atoms with Crippen molar-refractivity contribution in [3.05, 3.63) is 53.6 Å². The summed E-state index contributed by atoms with van der Waals surface area (Å²) in [5, 5.41) is 123. The van der Waals surface area contributed by atoms with E-state index in [0.29, 0.717) is 5.56 Å². The molecule has 55 heavy (non-hydrogen) atoms. The van der Waals surface area contributed by atoms with E-state index in [4.69, 9.17) is 33.2 Å². The van der Waals surface area contributed by atoms with Gasteiger partial charge < -0.3 is 94.4 Å². The minimum atomic E-state index is -1.87. The topological polar surface area (TPSA) is 324 Å². The van der Waals surface area contributed by atoms with Gasteiger partial charge in [-0.3, -0.25) is 0 Å². The number of aliphatic hydroxyl groups is 8. The number of carbonyl (C=O) groups excluding carboxylic acids is 1. The largest absolute Gasteiger partial charge is 0.504 e. The van der Waals surface area contributed by atoms with E-state index in [1.807, 2.05) is 0 Å². The quantitative estimate of drug-likeness (QED) is 0.0541. The van der Waals surface area contributed by atoms with Crippen molar-refractivity contribution in [3.8, 4) is 23.0 Å². The predicted octanol–water partition coefficient (Wildman–Crippen LogP) is -3.19. The number of aromatic hydroxyl groups is 4. The van der Waals surface area contributed by atoms with Gasteiger partial charge in [-0.25, -0.2) is 4.79 Å². The molecule has 20 nitrogen and oxygen atoms in total. The molecule has 2 aromatic rings. The summed E-state index contributed by atoms with van der Waals surface area (Å²) in [6, 6.07) is 7.74. The van der Waals surface area contributed by atoms with Crippen molar-refractivity contribution in [2.75, 3.05) is 19.8 Å². The van der Waals surface area contributed by atoms with E-state index in [9.17, 15) is 66.1 Å². The third-order valence-electron chi connectivity index (χ3n) is 9.37. The zero-order valence-corrected chi connectivity index (χ0v) is 29.2. The highest BCUT2D eigenvalue weighted by Gasteiger charge is 2.53. The molecule has 5 rings (SSSR count). The van der Waals surface area contributed by atoms with Gasteiger partial charge in [0.1, 0.15) is 54.9 Å². The molecule has 0 bridgehead atoms. The predicted molar refractivity (Wildman–Crippen MR) is 180 cm³/mol. The molecule has 2 aromatic carbocycles. The Morgan fingerprint density at radius 2 is 1.31 bits per heavy atom. The molecule has 0 radical (unpaired) electrons. The first-order valence-corrected chi connectivity index (χ1v) is 17.2. The molecule has 15 unspecified atom stereocenters. The highest BCUT2D eigenvalue weighted by atomic mass is 16.8. The smallest absolute Gasteiger partial charge is 0.331 e.